The number of benzene rings is 2. The van der Waals surface area contributed by atoms with E-state index in [1.807, 2.05) is 30.3 Å². The number of nitrogens with one attached hydrogen (secondary N) is 1. The number of hydrogen-bond donors (Lipinski definition) is 1. The molecular weight excluding hydrogens is 340 g/mol. The molecule has 2 aliphatic heterocycles. The monoisotopic (exact) mass is 366 g/mol. The van der Waals surface area contributed by atoms with Crippen molar-refractivity contribution in [1.29, 1.82) is 0 Å². The smallest absolute Gasteiger partial charge is 0.264 e. The molecule has 0 aromatic heterocycles. The second kappa shape index (κ2) is 8.44. The van der Waals surface area contributed by atoms with Gasteiger partial charge in [-0.05, 0) is 49.2 Å². The van der Waals surface area contributed by atoms with Crippen LogP contribution in [0.25, 0.3) is 0 Å². The normalized spacial score (nSPS) is 19.5. The quantitative estimate of drug-likeness (QED) is 0.883. The molecule has 5 heteroatoms. The average Bonchev–Trinajstić information content (AvgIpc) is 2.73. The number of likely N-dealkylation sites (tertiary alicyclic amines) is 1. The van der Waals surface area contributed by atoms with Crippen LogP contribution in [-0.4, -0.2) is 36.6 Å². The number of fused-ring (bicyclic) bond motifs is 1. The summed E-state index contributed by atoms with van der Waals surface area (Å²) >= 11 is 0. The number of rotatable bonds is 5. The highest BCUT2D eigenvalue weighted by Crippen LogP contribution is 2.30. The number of para-hydroxylation sites is 2. The summed E-state index contributed by atoms with van der Waals surface area (Å²) in [6, 6.07) is 15.8. The van der Waals surface area contributed by atoms with Gasteiger partial charge in [-0.25, -0.2) is 0 Å². The molecule has 2 heterocycles. The summed E-state index contributed by atoms with van der Waals surface area (Å²) in [5, 5.41) is 3.01. The van der Waals surface area contributed by atoms with Crippen LogP contribution in [0.1, 0.15) is 30.4 Å². The van der Waals surface area contributed by atoms with Crippen LogP contribution in [0.4, 0.5) is 0 Å². The number of carbonyl (C=O) groups excluding carboxylic acids is 1. The largest absolute Gasteiger partial charge is 0.485 e. The molecule has 5 nitrogen and oxygen atoms in total. The van der Waals surface area contributed by atoms with Gasteiger partial charge in [0.05, 0.1) is 0 Å². The lowest BCUT2D eigenvalue weighted by atomic mass is 10.0. The molecule has 1 amide bonds. The van der Waals surface area contributed by atoms with E-state index in [1.54, 1.807) is 0 Å². The molecular formula is C22H26N2O3. The van der Waals surface area contributed by atoms with E-state index >= 15 is 0 Å². The number of ether oxygens (including phenoxy) is 2. The molecule has 0 unspecified atom stereocenters. The van der Waals surface area contributed by atoms with Crippen LogP contribution < -0.4 is 14.8 Å². The van der Waals surface area contributed by atoms with E-state index in [2.05, 4.69) is 28.4 Å². The summed E-state index contributed by atoms with van der Waals surface area (Å²) in [4.78, 5) is 15.1. The van der Waals surface area contributed by atoms with Gasteiger partial charge in [0, 0.05) is 13.1 Å². The molecule has 2 aromatic rings. The van der Waals surface area contributed by atoms with Gasteiger partial charge in [-0.15, -0.1) is 0 Å². The number of nitrogens with zero attached hydrogens (tertiary/aromatic N) is 1. The molecule has 2 aromatic carbocycles. The van der Waals surface area contributed by atoms with Crippen LogP contribution in [0.2, 0.25) is 0 Å². The van der Waals surface area contributed by atoms with Crippen molar-refractivity contribution in [3.05, 3.63) is 59.7 Å². The highest BCUT2D eigenvalue weighted by atomic mass is 16.6. The lowest BCUT2D eigenvalue weighted by molar-refractivity contribution is -0.130. The molecule has 1 saturated heterocycles. The first-order valence-corrected chi connectivity index (χ1v) is 9.75. The zero-order chi connectivity index (χ0) is 18.5. The van der Waals surface area contributed by atoms with Gasteiger partial charge in [-0.2, -0.15) is 0 Å². The Morgan fingerprint density at radius 2 is 1.67 bits per heavy atom. The molecule has 2 aliphatic rings. The van der Waals surface area contributed by atoms with Crippen molar-refractivity contribution in [1.82, 2.24) is 10.2 Å². The van der Waals surface area contributed by atoms with Gasteiger partial charge in [0.15, 0.2) is 11.5 Å². The van der Waals surface area contributed by atoms with Crippen LogP contribution in [0.15, 0.2) is 48.5 Å². The zero-order valence-corrected chi connectivity index (χ0v) is 15.5. The fraction of sp³-hybridized carbons (Fsp3) is 0.409. The molecule has 4 rings (SSSR count). The third kappa shape index (κ3) is 4.42. The van der Waals surface area contributed by atoms with Crippen LogP contribution in [0, 0.1) is 0 Å². The van der Waals surface area contributed by atoms with Gasteiger partial charge >= 0.3 is 0 Å². The van der Waals surface area contributed by atoms with Gasteiger partial charge in [-0.3, -0.25) is 9.69 Å². The Morgan fingerprint density at radius 1 is 0.963 bits per heavy atom. The molecule has 0 radical (unpaired) electrons. The first kappa shape index (κ1) is 17.9. The lowest BCUT2D eigenvalue weighted by Gasteiger charge is -2.28. The maximum absolute atomic E-state index is 12.6. The van der Waals surface area contributed by atoms with Crippen LogP contribution in [0.3, 0.4) is 0 Å². The van der Waals surface area contributed by atoms with Gasteiger partial charge in [0.2, 0.25) is 6.10 Å². The molecule has 1 N–H and O–H groups in total. The van der Waals surface area contributed by atoms with Crippen LogP contribution in [-0.2, 0) is 17.9 Å². The average molecular weight is 366 g/mol. The van der Waals surface area contributed by atoms with E-state index < -0.39 is 6.10 Å². The fourth-order valence-electron chi connectivity index (χ4n) is 3.69. The van der Waals surface area contributed by atoms with Gasteiger partial charge < -0.3 is 14.8 Å². The third-order valence-corrected chi connectivity index (χ3v) is 5.22. The van der Waals surface area contributed by atoms with E-state index in [0.717, 1.165) is 25.2 Å². The highest BCUT2D eigenvalue weighted by molar-refractivity contribution is 5.81. The van der Waals surface area contributed by atoms with Crippen molar-refractivity contribution in [3.63, 3.8) is 0 Å². The van der Waals surface area contributed by atoms with Crippen molar-refractivity contribution >= 4 is 5.91 Å². The molecule has 0 spiro atoms. The van der Waals surface area contributed by atoms with E-state index in [-0.39, 0.29) is 12.5 Å². The number of piperidine rings is 1. The Bertz CT molecular complexity index is 787. The van der Waals surface area contributed by atoms with Gasteiger partial charge in [0.1, 0.15) is 6.61 Å². The van der Waals surface area contributed by atoms with Crippen molar-refractivity contribution < 1.29 is 14.3 Å². The molecule has 0 aliphatic carbocycles. The predicted octanol–water partition coefficient (Wildman–Crippen LogP) is 3.13. The Hall–Kier alpha value is -2.53. The topological polar surface area (TPSA) is 50.8 Å². The molecule has 1 fully saturated rings. The van der Waals surface area contributed by atoms with Crippen molar-refractivity contribution in [2.45, 2.75) is 38.5 Å². The standard InChI is InChI=1S/C22H26N2O3/c25-22(21-16-26-19-10-4-5-11-20(19)27-21)23-14-17-8-2-3-9-18(17)15-24-12-6-1-7-13-24/h2-5,8-11,21H,1,6-7,12-16H2,(H,23,25)/t21-/m1/s1. The highest BCUT2D eigenvalue weighted by Gasteiger charge is 2.27. The summed E-state index contributed by atoms with van der Waals surface area (Å²) in [7, 11) is 0. The molecule has 0 bridgehead atoms. The Balaban J connectivity index is 1.35. The molecule has 27 heavy (non-hydrogen) atoms. The maximum Gasteiger partial charge on any atom is 0.264 e. The molecule has 0 saturated carbocycles. The molecule has 142 valence electrons. The Morgan fingerprint density at radius 3 is 2.48 bits per heavy atom. The zero-order valence-electron chi connectivity index (χ0n) is 15.5. The summed E-state index contributed by atoms with van der Waals surface area (Å²) in [6.07, 6.45) is 3.27. The van der Waals surface area contributed by atoms with Crippen molar-refractivity contribution in [2.24, 2.45) is 0 Å². The summed E-state index contributed by atoms with van der Waals surface area (Å²) < 4.78 is 11.4. The van der Waals surface area contributed by atoms with E-state index in [4.69, 9.17) is 9.47 Å². The minimum Gasteiger partial charge on any atom is -0.485 e. The second-order valence-corrected chi connectivity index (χ2v) is 7.19. The lowest BCUT2D eigenvalue weighted by Crippen LogP contribution is -2.43. The van der Waals surface area contributed by atoms with Gasteiger partial charge in [-0.1, -0.05) is 42.8 Å². The van der Waals surface area contributed by atoms with E-state index in [0.29, 0.717) is 18.0 Å². The van der Waals surface area contributed by atoms with Crippen molar-refractivity contribution in [2.75, 3.05) is 19.7 Å². The Labute approximate surface area is 160 Å². The Kier molecular flexibility index (Phi) is 5.58. The van der Waals surface area contributed by atoms with Crippen LogP contribution in [0.5, 0.6) is 11.5 Å². The summed E-state index contributed by atoms with van der Waals surface area (Å²) in [5.74, 6) is 1.17. The predicted molar refractivity (Wildman–Crippen MR) is 104 cm³/mol. The first-order valence-electron chi connectivity index (χ1n) is 9.75. The number of carbonyl (C=O) groups is 1. The summed E-state index contributed by atoms with van der Waals surface area (Å²) in [5.41, 5.74) is 2.44. The van der Waals surface area contributed by atoms with Crippen LogP contribution >= 0.6 is 0 Å². The molecule has 1 atom stereocenters. The minimum atomic E-state index is -0.617. The number of amides is 1. The first-order chi connectivity index (χ1) is 13.3. The summed E-state index contributed by atoms with van der Waals surface area (Å²) in [6.45, 7) is 4.01. The van der Waals surface area contributed by atoms with E-state index in [9.17, 15) is 4.79 Å². The minimum absolute atomic E-state index is 0.141. The number of hydrogen-bond acceptors (Lipinski definition) is 4. The third-order valence-electron chi connectivity index (χ3n) is 5.22. The second-order valence-electron chi connectivity index (χ2n) is 7.19. The maximum atomic E-state index is 12.6. The fourth-order valence-corrected chi connectivity index (χ4v) is 3.69. The van der Waals surface area contributed by atoms with E-state index in [1.165, 1.54) is 24.8 Å². The SMILES string of the molecule is O=C(NCc1ccccc1CN1CCCCC1)[C@H]1COc2ccccc2O1. The van der Waals surface area contributed by atoms with Gasteiger partial charge in [0.25, 0.3) is 5.91 Å². The van der Waals surface area contributed by atoms with Crippen molar-refractivity contribution in [3.8, 4) is 11.5 Å².